The van der Waals surface area contributed by atoms with Gasteiger partial charge in [0.05, 0.1) is 105 Å². The van der Waals surface area contributed by atoms with E-state index in [0.29, 0.717) is 59.8 Å². The molecule has 4 atom stereocenters. The van der Waals surface area contributed by atoms with Gasteiger partial charge in [-0.3, -0.25) is 0 Å². The number of ether oxygens (including phenoxy) is 6. The largest absolute Gasteiger partial charge is 0.478 e. The van der Waals surface area contributed by atoms with Crippen molar-refractivity contribution >= 4 is 34.0 Å². The van der Waals surface area contributed by atoms with E-state index in [1.165, 1.54) is 72.8 Å². The standard InChI is InChI=1S/2C34H27F3N4O5/c2*1-44-31-9-10-45-18-30(31)41-29-13-20(34(42)43)7-8-28(29)39-32(41)14-22-12-26(37)23(15-25(22)36)27-3-2-4-33(40-27)46-17-21-6-5-19(16-38)11-24(21)35/h2*2-8,11-13,15,30-31H,9-10,14,17-18H2,1H3,(H,42,43)/t2*30-,31+/m11/s1. The van der Waals surface area contributed by atoms with Crippen LogP contribution in [0.25, 0.3) is 44.6 Å². The normalized spacial score (nSPS) is 16.3. The third-order valence-electron chi connectivity index (χ3n) is 15.9. The quantitative estimate of drug-likeness (QED) is 0.0759. The number of methoxy groups -OCH3 is 2. The Kier molecular flexibility index (Phi) is 19.0. The zero-order valence-electron chi connectivity index (χ0n) is 49.1. The number of benzene rings is 6. The van der Waals surface area contributed by atoms with Crippen molar-refractivity contribution in [2.24, 2.45) is 0 Å². The number of aromatic carboxylic acids is 2. The minimum absolute atomic E-state index is 0.0330. The molecule has 0 spiro atoms. The minimum atomic E-state index is -1.10. The lowest BCUT2D eigenvalue weighted by atomic mass is 10.0. The predicted molar refractivity (Wildman–Crippen MR) is 320 cm³/mol. The van der Waals surface area contributed by atoms with Crippen molar-refractivity contribution < 1.29 is 74.6 Å². The van der Waals surface area contributed by atoms with Gasteiger partial charge in [-0.25, -0.2) is 55.9 Å². The van der Waals surface area contributed by atoms with Crippen LogP contribution in [-0.4, -0.2) is 104 Å². The fraction of sp³-hybridized carbons (Fsp3) is 0.235. The maximum Gasteiger partial charge on any atom is 0.335 e. The van der Waals surface area contributed by atoms with Gasteiger partial charge in [-0.2, -0.15) is 10.5 Å². The van der Waals surface area contributed by atoms with Gasteiger partial charge in [0.1, 0.15) is 59.8 Å². The summed E-state index contributed by atoms with van der Waals surface area (Å²) in [6.07, 6.45) is 0.455. The molecule has 2 saturated heterocycles. The maximum absolute atomic E-state index is 15.7. The molecule has 0 radical (unpaired) electrons. The van der Waals surface area contributed by atoms with E-state index in [9.17, 15) is 28.6 Å². The van der Waals surface area contributed by atoms with Crippen molar-refractivity contribution in [1.29, 1.82) is 10.5 Å². The Morgan fingerprint density at radius 3 is 1.32 bits per heavy atom. The number of hydrogen-bond donors (Lipinski definition) is 2. The number of fused-ring (bicyclic) bond motifs is 2. The van der Waals surface area contributed by atoms with Gasteiger partial charge in [0.25, 0.3) is 0 Å². The summed E-state index contributed by atoms with van der Waals surface area (Å²) in [7, 11) is 3.16. The van der Waals surface area contributed by atoms with Crippen molar-refractivity contribution in [1.82, 2.24) is 29.1 Å². The molecule has 92 heavy (non-hydrogen) atoms. The van der Waals surface area contributed by atoms with E-state index in [4.69, 9.17) is 38.9 Å². The third kappa shape index (κ3) is 13.6. The van der Waals surface area contributed by atoms with Crippen molar-refractivity contribution in [2.45, 2.75) is 63.2 Å². The Balaban J connectivity index is 0.000000188. The molecule has 10 aromatic rings. The number of pyridine rings is 2. The topological polar surface area (TPSA) is 239 Å². The summed E-state index contributed by atoms with van der Waals surface area (Å²) < 4.78 is 129. The fourth-order valence-electron chi connectivity index (χ4n) is 11.2. The van der Waals surface area contributed by atoms with Gasteiger partial charge in [-0.05, 0) is 121 Å². The van der Waals surface area contributed by atoms with Gasteiger partial charge in [-0.1, -0.05) is 24.3 Å². The molecule has 0 unspecified atom stereocenters. The minimum Gasteiger partial charge on any atom is -0.478 e. The molecule has 6 aromatic carbocycles. The number of imidazole rings is 2. The molecule has 2 aliphatic heterocycles. The van der Waals surface area contributed by atoms with Crippen LogP contribution in [0.2, 0.25) is 0 Å². The monoisotopic (exact) mass is 1260 g/mol. The number of aromatic nitrogens is 6. The van der Waals surface area contributed by atoms with Crippen LogP contribution < -0.4 is 9.47 Å². The summed E-state index contributed by atoms with van der Waals surface area (Å²) in [6, 6.07) is 33.4. The second-order valence-corrected chi connectivity index (χ2v) is 21.6. The summed E-state index contributed by atoms with van der Waals surface area (Å²) >= 11 is 0. The van der Waals surface area contributed by atoms with Crippen molar-refractivity contribution in [3.05, 3.63) is 225 Å². The first-order valence-electron chi connectivity index (χ1n) is 28.7. The fourth-order valence-corrected chi connectivity index (χ4v) is 11.2. The van der Waals surface area contributed by atoms with E-state index in [0.717, 1.165) is 36.4 Å². The molecular formula is C68H54F6N8O10. The zero-order valence-corrected chi connectivity index (χ0v) is 49.1. The highest BCUT2D eigenvalue weighted by molar-refractivity contribution is 5.93. The van der Waals surface area contributed by atoms with Crippen LogP contribution in [0.15, 0.2) is 133 Å². The number of halogens is 6. The summed E-state index contributed by atoms with van der Waals surface area (Å²) in [5.74, 6) is -5.35. The van der Waals surface area contributed by atoms with E-state index >= 15 is 17.6 Å². The highest BCUT2D eigenvalue weighted by Gasteiger charge is 2.33. The first-order chi connectivity index (χ1) is 44.5. The first kappa shape index (κ1) is 63.1. The molecule has 2 aliphatic rings. The van der Waals surface area contributed by atoms with Crippen molar-refractivity contribution in [3.8, 4) is 46.4 Å². The predicted octanol–water partition coefficient (Wildman–Crippen LogP) is 12.5. The molecule has 4 aromatic heterocycles. The van der Waals surface area contributed by atoms with E-state index in [2.05, 4.69) is 19.9 Å². The van der Waals surface area contributed by atoms with Crippen LogP contribution in [-0.2, 0) is 45.0 Å². The molecule has 468 valence electrons. The average Bonchev–Trinajstić information content (AvgIpc) is 1.62. The Morgan fingerprint density at radius 2 is 0.935 bits per heavy atom. The molecule has 12 rings (SSSR count). The van der Waals surface area contributed by atoms with E-state index in [-0.39, 0.29) is 142 Å². The smallest absolute Gasteiger partial charge is 0.335 e. The summed E-state index contributed by atoms with van der Waals surface area (Å²) in [5.41, 5.74) is 3.00. The summed E-state index contributed by atoms with van der Waals surface area (Å²) in [5, 5.41) is 37.0. The molecule has 2 N–H and O–H groups in total. The lowest BCUT2D eigenvalue weighted by molar-refractivity contribution is -0.0493. The number of carbonyl (C=O) groups is 2. The highest BCUT2D eigenvalue weighted by atomic mass is 19.1. The number of carboxylic acids is 2. The number of carboxylic acid groups (broad SMARTS) is 2. The van der Waals surface area contributed by atoms with Crippen LogP contribution in [0.1, 0.15) is 90.7 Å². The molecule has 18 nitrogen and oxygen atoms in total. The average molecular weight is 1260 g/mol. The summed E-state index contributed by atoms with van der Waals surface area (Å²) in [4.78, 5) is 41.4. The van der Waals surface area contributed by atoms with Crippen molar-refractivity contribution in [3.63, 3.8) is 0 Å². The van der Waals surface area contributed by atoms with Gasteiger partial charge in [0, 0.05) is 74.7 Å². The Morgan fingerprint density at radius 1 is 0.522 bits per heavy atom. The third-order valence-corrected chi connectivity index (χ3v) is 15.9. The lowest BCUT2D eigenvalue weighted by Crippen LogP contribution is -2.36. The van der Waals surface area contributed by atoms with Crippen LogP contribution in [0.4, 0.5) is 26.3 Å². The van der Waals surface area contributed by atoms with Crippen LogP contribution in [0.5, 0.6) is 11.8 Å². The number of nitriles is 2. The zero-order chi connectivity index (χ0) is 64.7. The molecule has 2 fully saturated rings. The van der Waals surface area contributed by atoms with Gasteiger partial charge in [0.2, 0.25) is 11.8 Å². The van der Waals surface area contributed by atoms with Crippen molar-refractivity contribution in [2.75, 3.05) is 40.6 Å². The Labute approximate surface area is 521 Å². The van der Waals surface area contributed by atoms with Crippen LogP contribution >= 0.6 is 0 Å². The molecule has 6 heterocycles. The summed E-state index contributed by atoms with van der Waals surface area (Å²) in [6.45, 7) is 1.15. The van der Waals surface area contributed by atoms with Crippen LogP contribution in [0, 0.1) is 57.6 Å². The van der Waals surface area contributed by atoms with E-state index < -0.39 is 46.8 Å². The van der Waals surface area contributed by atoms with Crippen LogP contribution in [0.3, 0.4) is 0 Å². The second kappa shape index (κ2) is 27.7. The second-order valence-electron chi connectivity index (χ2n) is 21.6. The molecule has 0 saturated carbocycles. The molecule has 0 amide bonds. The Bertz CT molecular complexity index is 4270. The SMILES string of the molecule is CO[C@H]1CCOC[C@H]1n1c(Cc2cc(F)c(-c3cccc(OCc4ccc(C#N)cc4F)n3)cc2F)nc2ccc(C(=O)O)cc21.CO[C@H]1CCOC[C@H]1n1c(Cc2cc(F)c(-c3cccc(OCc4ccc(C#N)cc4F)n3)cc2F)nc2ccc(C(=O)O)cc21. The van der Waals surface area contributed by atoms with E-state index in [1.54, 1.807) is 47.6 Å². The number of nitrogens with zero attached hydrogens (tertiary/aromatic N) is 8. The lowest BCUT2D eigenvalue weighted by Gasteiger charge is -2.33. The maximum atomic E-state index is 15.7. The van der Waals surface area contributed by atoms with Gasteiger partial charge < -0.3 is 47.8 Å². The first-order valence-corrected chi connectivity index (χ1v) is 28.7. The molecule has 24 heteroatoms. The number of hydrogen-bond acceptors (Lipinski definition) is 14. The van der Waals surface area contributed by atoms with Gasteiger partial charge >= 0.3 is 11.9 Å². The number of rotatable bonds is 18. The van der Waals surface area contributed by atoms with Gasteiger partial charge in [0.15, 0.2) is 0 Å². The molecular weight excluding hydrogens is 1200 g/mol. The molecule has 0 aliphatic carbocycles. The molecule has 0 bridgehead atoms. The Hall–Kier alpha value is -10.5. The van der Waals surface area contributed by atoms with E-state index in [1.807, 2.05) is 12.1 Å². The van der Waals surface area contributed by atoms with Gasteiger partial charge in [-0.15, -0.1) is 0 Å². The highest BCUT2D eigenvalue weighted by Crippen LogP contribution is 2.36.